The molecule has 0 saturated carbocycles. The first-order chi connectivity index (χ1) is 7.91. The average molecular weight is 229 g/mol. The molecule has 1 aliphatic heterocycles. The van der Waals surface area contributed by atoms with Crippen molar-refractivity contribution in [2.24, 2.45) is 5.41 Å². The number of nitrogens with zero attached hydrogens (tertiary/aromatic N) is 1. The number of hydrogen-bond acceptors (Lipinski definition) is 1. The highest BCUT2D eigenvalue weighted by Gasteiger charge is 2.41. The third-order valence-electron chi connectivity index (χ3n) is 3.31. The van der Waals surface area contributed by atoms with Crippen molar-refractivity contribution in [2.75, 3.05) is 4.90 Å². The summed E-state index contributed by atoms with van der Waals surface area (Å²) in [5.41, 5.74) is 1.75. The molecule has 0 aromatic heterocycles. The van der Waals surface area contributed by atoms with Gasteiger partial charge in [-0.05, 0) is 24.0 Å². The van der Waals surface area contributed by atoms with Crippen LogP contribution in [0.2, 0.25) is 0 Å². The topological polar surface area (TPSA) is 20.3 Å². The van der Waals surface area contributed by atoms with E-state index in [1.165, 1.54) is 0 Å². The van der Waals surface area contributed by atoms with E-state index in [9.17, 15) is 4.79 Å². The number of amides is 1. The van der Waals surface area contributed by atoms with E-state index < -0.39 is 0 Å². The molecule has 0 bridgehead atoms. The van der Waals surface area contributed by atoms with Gasteiger partial charge in [-0.2, -0.15) is 0 Å². The van der Waals surface area contributed by atoms with Gasteiger partial charge in [0.25, 0.3) is 5.91 Å². The molecule has 17 heavy (non-hydrogen) atoms. The van der Waals surface area contributed by atoms with Gasteiger partial charge in [-0.25, -0.2) is 0 Å². The van der Waals surface area contributed by atoms with Crippen molar-refractivity contribution in [3.8, 4) is 0 Å². The fourth-order valence-corrected chi connectivity index (χ4v) is 2.30. The molecular weight excluding hydrogens is 210 g/mol. The maximum Gasteiger partial charge on any atom is 0.253 e. The first kappa shape index (κ1) is 11.9. The molecule has 0 aliphatic carbocycles. The van der Waals surface area contributed by atoms with Gasteiger partial charge in [-0.1, -0.05) is 45.5 Å². The minimum Gasteiger partial charge on any atom is -0.305 e. The Labute approximate surface area is 103 Å². The molecule has 90 valence electrons. The maximum atomic E-state index is 12.2. The van der Waals surface area contributed by atoms with E-state index in [2.05, 4.69) is 27.4 Å². The van der Waals surface area contributed by atoms with Gasteiger partial charge in [0.1, 0.15) is 0 Å². The van der Waals surface area contributed by atoms with E-state index in [4.69, 9.17) is 0 Å². The predicted octanol–water partition coefficient (Wildman–Crippen LogP) is 3.39. The second kappa shape index (κ2) is 4.02. The highest BCUT2D eigenvalue weighted by molar-refractivity contribution is 6.08. The van der Waals surface area contributed by atoms with Crippen molar-refractivity contribution in [3.63, 3.8) is 0 Å². The lowest BCUT2D eigenvalue weighted by Crippen LogP contribution is -2.41. The lowest BCUT2D eigenvalue weighted by Gasteiger charge is -2.34. The summed E-state index contributed by atoms with van der Waals surface area (Å²) in [5.74, 6) is 0.0659. The van der Waals surface area contributed by atoms with Crippen molar-refractivity contribution in [3.05, 3.63) is 42.5 Å². The highest BCUT2D eigenvalue weighted by atomic mass is 16.2. The van der Waals surface area contributed by atoms with Crippen molar-refractivity contribution in [1.82, 2.24) is 0 Å². The smallest absolute Gasteiger partial charge is 0.253 e. The molecular formula is C15H19NO. The third kappa shape index (κ3) is 2.12. The Hall–Kier alpha value is -1.57. The molecule has 0 N–H and O–H groups in total. The molecule has 1 saturated heterocycles. The van der Waals surface area contributed by atoms with Crippen molar-refractivity contribution in [2.45, 2.75) is 33.2 Å². The molecule has 1 aromatic rings. The van der Waals surface area contributed by atoms with E-state index in [-0.39, 0.29) is 17.4 Å². The van der Waals surface area contributed by atoms with Crippen molar-refractivity contribution >= 4 is 11.6 Å². The molecule has 1 atom stereocenters. The molecule has 1 aromatic carbocycles. The van der Waals surface area contributed by atoms with Gasteiger partial charge in [-0.3, -0.25) is 4.79 Å². The molecule has 0 spiro atoms. The van der Waals surface area contributed by atoms with Gasteiger partial charge in [-0.15, -0.1) is 0 Å². The summed E-state index contributed by atoms with van der Waals surface area (Å²) in [4.78, 5) is 14.1. The zero-order valence-electron chi connectivity index (χ0n) is 10.7. The fourth-order valence-electron chi connectivity index (χ4n) is 2.30. The zero-order valence-corrected chi connectivity index (χ0v) is 10.7. The summed E-state index contributed by atoms with van der Waals surface area (Å²) in [5, 5.41) is 0. The fraction of sp³-hybridized carbons (Fsp3) is 0.400. The summed E-state index contributed by atoms with van der Waals surface area (Å²) in [6.45, 7) is 10.4. The van der Waals surface area contributed by atoms with Gasteiger partial charge in [0.05, 0.1) is 0 Å². The van der Waals surface area contributed by atoms with Gasteiger partial charge in [0, 0.05) is 17.3 Å². The van der Waals surface area contributed by atoms with Crippen LogP contribution in [0.1, 0.15) is 27.2 Å². The Balaban J connectivity index is 2.42. The van der Waals surface area contributed by atoms with E-state index >= 15 is 0 Å². The molecule has 2 rings (SSSR count). The summed E-state index contributed by atoms with van der Waals surface area (Å²) < 4.78 is 0. The van der Waals surface area contributed by atoms with E-state index in [1.54, 1.807) is 0 Å². The summed E-state index contributed by atoms with van der Waals surface area (Å²) >= 11 is 0. The highest BCUT2D eigenvalue weighted by Crippen LogP contribution is 2.38. The second-order valence-corrected chi connectivity index (χ2v) is 5.70. The normalized spacial score (nSPS) is 21.1. The number of benzene rings is 1. The van der Waals surface area contributed by atoms with Crippen LogP contribution in [0, 0.1) is 5.41 Å². The summed E-state index contributed by atoms with van der Waals surface area (Å²) in [6, 6.07) is 10.0. The molecule has 1 unspecified atom stereocenters. The number of rotatable bonds is 1. The van der Waals surface area contributed by atoms with Crippen LogP contribution in [0.4, 0.5) is 5.69 Å². The summed E-state index contributed by atoms with van der Waals surface area (Å²) in [7, 11) is 0. The molecule has 0 radical (unpaired) electrons. The second-order valence-electron chi connectivity index (χ2n) is 5.70. The van der Waals surface area contributed by atoms with Crippen LogP contribution < -0.4 is 4.90 Å². The van der Waals surface area contributed by atoms with Crippen LogP contribution in [0.25, 0.3) is 0 Å². The molecule has 2 heteroatoms. The van der Waals surface area contributed by atoms with E-state index in [0.29, 0.717) is 5.57 Å². The van der Waals surface area contributed by atoms with Gasteiger partial charge in [0.15, 0.2) is 0 Å². The SMILES string of the molecule is C=C1CC(C(C)(C)C)N(c2ccccc2)C1=O. The Morgan fingerprint density at radius 2 is 1.82 bits per heavy atom. The molecule has 1 amide bonds. The lowest BCUT2D eigenvalue weighted by atomic mass is 9.84. The Morgan fingerprint density at radius 1 is 1.24 bits per heavy atom. The molecule has 1 aliphatic rings. The van der Waals surface area contributed by atoms with E-state index in [0.717, 1.165) is 12.1 Å². The average Bonchev–Trinajstić information content (AvgIpc) is 2.57. The van der Waals surface area contributed by atoms with Crippen LogP contribution >= 0.6 is 0 Å². The summed E-state index contributed by atoms with van der Waals surface area (Å²) in [6.07, 6.45) is 0.761. The number of hydrogen-bond donors (Lipinski definition) is 0. The Morgan fingerprint density at radius 3 is 2.35 bits per heavy atom. The van der Waals surface area contributed by atoms with Crippen molar-refractivity contribution < 1.29 is 4.79 Å². The largest absolute Gasteiger partial charge is 0.305 e. The maximum absolute atomic E-state index is 12.2. The van der Waals surface area contributed by atoms with Crippen LogP contribution in [0.5, 0.6) is 0 Å². The number of para-hydroxylation sites is 1. The van der Waals surface area contributed by atoms with Crippen molar-refractivity contribution in [1.29, 1.82) is 0 Å². The molecule has 2 nitrogen and oxygen atoms in total. The zero-order chi connectivity index (χ0) is 12.6. The number of carbonyl (C=O) groups is 1. The third-order valence-corrected chi connectivity index (χ3v) is 3.31. The number of anilines is 1. The standard InChI is InChI=1S/C15H19NO/c1-11-10-13(15(2,3)4)16(14(11)17)12-8-6-5-7-9-12/h5-9,13H,1,10H2,2-4H3. The monoisotopic (exact) mass is 229 g/mol. The molecule has 1 fully saturated rings. The van der Waals surface area contributed by atoms with Gasteiger partial charge >= 0.3 is 0 Å². The van der Waals surface area contributed by atoms with Crippen LogP contribution in [0.3, 0.4) is 0 Å². The van der Waals surface area contributed by atoms with Crippen LogP contribution in [-0.4, -0.2) is 11.9 Å². The first-order valence-corrected chi connectivity index (χ1v) is 5.97. The predicted molar refractivity (Wildman–Crippen MR) is 70.9 cm³/mol. The first-order valence-electron chi connectivity index (χ1n) is 5.97. The van der Waals surface area contributed by atoms with Gasteiger partial charge in [0.2, 0.25) is 0 Å². The van der Waals surface area contributed by atoms with Gasteiger partial charge < -0.3 is 4.90 Å². The minimum absolute atomic E-state index is 0.0605. The van der Waals surface area contributed by atoms with Crippen LogP contribution in [0.15, 0.2) is 42.5 Å². The Kier molecular flexibility index (Phi) is 2.82. The van der Waals surface area contributed by atoms with Crippen LogP contribution in [-0.2, 0) is 4.79 Å². The number of carbonyl (C=O) groups excluding carboxylic acids is 1. The quantitative estimate of drug-likeness (QED) is 0.676. The minimum atomic E-state index is 0.0605. The Bertz CT molecular complexity index is 442. The lowest BCUT2D eigenvalue weighted by molar-refractivity contribution is -0.114. The van der Waals surface area contributed by atoms with E-state index in [1.807, 2.05) is 35.2 Å². The molecule has 1 heterocycles.